The number of nitrogens with one attached hydrogen (secondary N) is 1. The summed E-state index contributed by atoms with van der Waals surface area (Å²) in [5.74, 6) is -1.18. The Balaban J connectivity index is 1.49. The van der Waals surface area contributed by atoms with Crippen LogP contribution in [0.4, 0.5) is 0 Å². The molecule has 1 aliphatic heterocycles. The lowest BCUT2D eigenvalue weighted by molar-refractivity contribution is -0.140. The predicted molar refractivity (Wildman–Crippen MR) is 148 cm³/mol. The molecule has 7 heteroatoms. The Morgan fingerprint density at radius 1 is 0.974 bits per heavy atom. The van der Waals surface area contributed by atoms with E-state index in [1.807, 2.05) is 60.7 Å². The number of rotatable bonds is 9. The van der Waals surface area contributed by atoms with Crippen molar-refractivity contribution in [3.8, 4) is 0 Å². The van der Waals surface area contributed by atoms with Gasteiger partial charge in [0.1, 0.15) is 0 Å². The van der Waals surface area contributed by atoms with E-state index in [1.165, 1.54) is 0 Å². The highest BCUT2D eigenvalue weighted by Crippen LogP contribution is 2.40. The van der Waals surface area contributed by atoms with Crippen LogP contribution in [-0.4, -0.2) is 35.8 Å². The molecule has 1 aliphatic rings. The zero-order valence-corrected chi connectivity index (χ0v) is 22.3. The van der Waals surface area contributed by atoms with Gasteiger partial charge in [0, 0.05) is 35.2 Å². The van der Waals surface area contributed by atoms with Gasteiger partial charge in [-0.2, -0.15) is 0 Å². The molecule has 2 amide bonds. The van der Waals surface area contributed by atoms with E-state index in [-0.39, 0.29) is 31.4 Å². The van der Waals surface area contributed by atoms with Crippen molar-refractivity contribution in [2.75, 3.05) is 13.2 Å². The van der Waals surface area contributed by atoms with Gasteiger partial charge in [0.25, 0.3) is 5.91 Å². The number of benzene rings is 3. The summed E-state index contributed by atoms with van der Waals surface area (Å²) < 4.78 is 5.36. The van der Waals surface area contributed by atoms with Gasteiger partial charge in [-0.05, 0) is 55.2 Å². The van der Waals surface area contributed by atoms with E-state index in [1.54, 1.807) is 36.9 Å². The molecule has 0 bridgehead atoms. The first-order chi connectivity index (χ1) is 18.4. The van der Waals surface area contributed by atoms with Crippen LogP contribution in [0, 0.1) is 0 Å². The summed E-state index contributed by atoms with van der Waals surface area (Å²) in [6.45, 7) is 4.57. The van der Waals surface area contributed by atoms with Crippen molar-refractivity contribution in [3.05, 3.63) is 117 Å². The first-order valence-electron chi connectivity index (χ1n) is 12.7. The molecule has 0 spiro atoms. The molecule has 1 unspecified atom stereocenters. The fraction of sp³-hybridized carbons (Fsp3) is 0.258. The summed E-state index contributed by atoms with van der Waals surface area (Å²) in [6, 6.07) is 24.4. The van der Waals surface area contributed by atoms with Gasteiger partial charge in [-0.1, -0.05) is 72.3 Å². The quantitative estimate of drug-likeness (QED) is 0.362. The van der Waals surface area contributed by atoms with Crippen LogP contribution in [0.2, 0.25) is 5.02 Å². The van der Waals surface area contributed by atoms with Gasteiger partial charge in [-0.3, -0.25) is 9.59 Å². The van der Waals surface area contributed by atoms with Crippen LogP contribution in [0.1, 0.15) is 53.2 Å². The first-order valence-corrected chi connectivity index (χ1v) is 13.1. The van der Waals surface area contributed by atoms with Crippen LogP contribution < -0.4 is 5.32 Å². The Morgan fingerprint density at radius 3 is 2.34 bits per heavy atom. The first kappa shape index (κ1) is 27.1. The third kappa shape index (κ3) is 6.32. The molecule has 196 valence electrons. The fourth-order valence-electron chi connectivity index (χ4n) is 4.71. The number of nitrogens with zero attached hydrogens (tertiary/aromatic N) is 1. The molecule has 0 radical (unpaired) electrons. The Hall–Kier alpha value is -3.90. The monoisotopic (exact) mass is 530 g/mol. The minimum absolute atomic E-state index is 0.108. The predicted octanol–water partition coefficient (Wildman–Crippen LogP) is 5.67. The molecule has 4 rings (SSSR count). The molecular weight excluding hydrogens is 500 g/mol. The van der Waals surface area contributed by atoms with E-state index in [2.05, 4.69) is 5.32 Å². The zero-order chi connectivity index (χ0) is 27.1. The van der Waals surface area contributed by atoms with Crippen molar-refractivity contribution in [3.63, 3.8) is 0 Å². The number of carbonyl (C=O) groups excluding carboxylic acids is 3. The molecule has 6 nitrogen and oxygen atoms in total. The standard InChI is InChI=1S/C31H31ClN2O4/c1-3-38-31(37)29-21(2)34(28(35)19-26(29)25-11-7-8-12-27(25)32)20-23-13-15-24(16-14-23)30(36)33-18-17-22-9-5-4-6-10-22/h4-16,26H,3,17-20H2,1-2H3,(H,33,36). The molecule has 38 heavy (non-hydrogen) atoms. The van der Waals surface area contributed by atoms with Crippen LogP contribution in [0.5, 0.6) is 0 Å². The molecule has 3 aromatic carbocycles. The van der Waals surface area contributed by atoms with Crippen LogP contribution in [0.25, 0.3) is 0 Å². The van der Waals surface area contributed by atoms with Crippen molar-refractivity contribution in [2.24, 2.45) is 0 Å². The van der Waals surface area contributed by atoms with Gasteiger partial charge < -0.3 is 15.0 Å². The molecule has 0 aromatic heterocycles. The lowest BCUT2D eigenvalue weighted by Gasteiger charge is -2.34. The third-order valence-electron chi connectivity index (χ3n) is 6.70. The van der Waals surface area contributed by atoms with E-state index >= 15 is 0 Å². The maximum absolute atomic E-state index is 13.3. The minimum Gasteiger partial charge on any atom is -0.463 e. The number of esters is 1. The Labute approximate surface area is 228 Å². The Bertz CT molecular complexity index is 1340. The van der Waals surface area contributed by atoms with E-state index in [0.29, 0.717) is 28.4 Å². The summed E-state index contributed by atoms with van der Waals surface area (Å²) in [6.07, 6.45) is 0.864. The van der Waals surface area contributed by atoms with Gasteiger partial charge in [-0.25, -0.2) is 4.79 Å². The highest BCUT2D eigenvalue weighted by atomic mass is 35.5. The van der Waals surface area contributed by atoms with Gasteiger partial charge in [-0.15, -0.1) is 0 Å². The van der Waals surface area contributed by atoms with E-state index < -0.39 is 11.9 Å². The van der Waals surface area contributed by atoms with Gasteiger partial charge in [0.05, 0.1) is 18.7 Å². The normalized spacial score (nSPS) is 15.4. The highest BCUT2D eigenvalue weighted by Gasteiger charge is 2.37. The number of hydrogen-bond donors (Lipinski definition) is 1. The van der Waals surface area contributed by atoms with Crippen molar-refractivity contribution in [1.82, 2.24) is 10.2 Å². The SMILES string of the molecule is CCOC(=O)C1=C(C)N(Cc2ccc(C(=O)NCCc3ccccc3)cc2)C(=O)CC1c1ccccc1Cl. The summed E-state index contributed by atoms with van der Waals surface area (Å²) >= 11 is 6.44. The molecular formula is C31H31ClN2O4. The maximum atomic E-state index is 13.3. The molecule has 0 saturated carbocycles. The second kappa shape index (κ2) is 12.6. The summed E-state index contributed by atoms with van der Waals surface area (Å²) in [7, 11) is 0. The second-order valence-electron chi connectivity index (χ2n) is 9.17. The lowest BCUT2D eigenvalue weighted by Crippen LogP contribution is -2.38. The second-order valence-corrected chi connectivity index (χ2v) is 9.57. The molecule has 1 heterocycles. The van der Waals surface area contributed by atoms with Crippen molar-refractivity contribution < 1.29 is 19.1 Å². The molecule has 3 aromatic rings. The maximum Gasteiger partial charge on any atom is 0.336 e. The van der Waals surface area contributed by atoms with Crippen molar-refractivity contribution >= 4 is 29.4 Å². The molecule has 1 atom stereocenters. The number of amides is 2. The molecule has 0 fully saturated rings. The van der Waals surface area contributed by atoms with Crippen LogP contribution >= 0.6 is 11.6 Å². The van der Waals surface area contributed by atoms with Crippen molar-refractivity contribution in [1.29, 1.82) is 0 Å². The highest BCUT2D eigenvalue weighted by molar-refractivity contribution is 6.31. The Morgan fingerprint density at radius 2 is 1.66 bits per heavy atom. The topological polar surface area (TPSA) is 75.7 Å². The van der Waals surface area contributed by atoms with E-state index in [9.17, 15) is 14.4 Å². The number of allylic oxidation sites excluding steroid dienone is 1. The number of hydrogen-bond acceptors (Lipinski definition) is 4. The summed E-state index contributed by atoms with van der Waals surface area (Å²) in [5, 5.41) is 3.45. The lowest BCUT2D eigenvalue weighted by atomic mass is 9.83. The summed E-state index contributed by atoms with van der Waals surface area (Å²) in [5.41, 5.74) is 4.27. The van der Waals surface area contributed by atoms with Gasteiger partial charge in [0.15, 0.2) is 0 Å². The van der Waals surface area contributed by atoms with Crippen LogP contribution in [-0.2, 0) is 27.3 Å². The average molecular weight is 531 g/mol. The summed E-state index contributed by atoms with van der Waals surface area (Å²) in [4.78, 5) is 40.5. The average Bonchev–Trinajstić information content (AvgIpc) is 2.92. The number of ether oxygens (including phenoxy) is 1. The number of halogens is 1. The minimum atomic E-state index is -0.478. The smallest absolute Gasteiger partial charge is 0.336 e. The van der Waals surface area contributed by atoms with E-state index in [4.69, 9.17) is 16.3 Å². The van der Waals surface area contributed by atoms with Gasteiger partial charge >= 0.3 is 5.97 Å². The van der Waals surface area contributed by atoms with Crippen LogP contribution in [0.3, 0.4) is 0 Å². The fourth-order valence-corrected chi connectivity index (χ4v) is 4.98. The third-order valence-corrected chi connectivity index (χ3v) is 7.04. The van der Waals surface area contributed by atoms with E-state index in [0.717, 1.165) is 23.1 Å². The van der Waals surface area contributed by atoms with Crippen molar-refractivity contribution in [2.45, 2.75) is 39.2 Å². The molecule has 1 N–H and O–H groups in total. The number of carbonyl (C=O) groups is 3. The molecule has 0 saturated heterocycles. The zero-order valence-electron chi connectivity index (χ0n) is 21.6. The largest absolute Gasteiger partial charge is 0.463 e. The van der Waals surface area contributed by atoms with Gasteiger partial charge in [0.2, 0.25) is 5.91 Å². The molecule has 0 aliphatic carbocycles. The Kier molecular flexibility index (Phi) is 8.98. The van der Waals surface area contributed by atoms with Crippen LogP contribution in [0.15, 0.2) is 90.1 Å².